The molecule has 5 heteroatoms. The number of rotatable bonds is 2. The Bertz CT molecular complexity index is 366. The molecule has 2 heterocycles. The lowest BCUT2D eigenvalue weighted by atomic mass is 9.87. The number of aliphatic hydroxyl groups excluding tert-OH is 1. The van der Waals surface area contributed by atoms with Crippen LogP contribution in [0.2, 0.25) is 0 Å². The van der Waals surface area contributed by atoms with Crippen LogP contribution in [0.4, 0.5) is 0 Å². The minimum absolute atomic E-state index is 0.0293. The Kier molecular flexibility index (Phi) is 3.11. The molecule has 1 saturated carbocycles. The third-order valence-corrected chi connectivity index (χ3v) is 3.72. The fourth-order valence-corrected chi connectivity index (χ4v) is 2.65. The molecule has 0 radical (unpaired) electrons. The van der Waals surface area contributed by atoms with Gasteiger partial charge in [-0.25, -0.2) is 0 Å². The van der Waals surface area contributed by atoms with E-state index in [1.807, 2.05) is 0 Å². The molecule has 0 bridgehead atoms. The zero-order chi connectivity index (χ0) is 11.7. The summed E-state index contributed by atoms with van der Waals surface area (Å²) in [5.41, 5.74) is 0. The summed E-state index contributed by atoms with van der Waals surface area (Å²) in [7, 11) is 0. The second-order valence-electron chi connectivity index (χ2n) is 5.00. The fourth-order valence-electron chi connectivity index (χ4n) is 2.65. The molecule has 5 nitrogen and oxygen atoms in total. The second-order valence-corrected chi connectivity index (χ2v) is 5.00. The van der Waals surface area contributed by atoms with Crippen LogP contribution in [0.3, 0.4) is 0 Å². The highest BCUT2D eigenvalue weighted by atomic mass is 16.5. The van der Waals surface area contributed by atoms with E-state index in [0.29, 0.717) is 11.7 Å². The number of ether oxygens (including phenoxy) is 1. The highest BCUT2D eigenvalue weighted by Crippen LogP contribution is 2.33. The van der Waals surface area contributed by atoms with Crippen molar-refractivity contribution in [1.82, 2.24) is 10.1 Å². The van der Waals surface area contributed by atoms with Crippen LogP contribution in [0.1, 0.15) is 62.3 Å². The predicted molar refractivity (Wildman–Crippen MR) is 59.4 cm³/mol. The molecular weight excluding hydrogens is 220 g/mol. The molecule has 1 aliphatic carbocycles. The summed E-state index contributed by atoms with van der Waals surface area (Å²) in [5.74, 6) is 1.74. The van der Waals surface area contributed by atoms with Gasteiger partial charge in [0.25, 0.3) is 0 Å². The van der Waals surface area contributed by atoms with Gasteiger partial charge in [0.2, 0.25) is 11.7 Å². The molecule has 0 spiro atoms. The van der Waals surface area contributed by atoms with Crippen LogP contribution in [0.15, 0.2) is 4.52 Å². The largest absolute Gasteiger partial charge is 0.393 e. The molecule has 0 aromatic carbocycles. The van der Waals surface area contributed by atoms with Gasteiger partial charge in [0.1, 0.15) is 6.10 Å². The van der Waals surface area contributed by atoms with Crippen molar-refractivity contribution in [3.8, 4) is 0 Å². The van der Waals surface area contributed by atoms with Crippen LogP contribution < -0.4 is 0 Å². The molecule has 17 heavy (non-hydrogen) atoms. The predicted octanol–water partition coefficient (Wildman–Crippen LogP) is 1.94. The number of hydrogen-bond donors (Lipinski definition) is 1. The van der Waals surface area contributed by atoms with Gasteiger partial charge < -0.3 is 14.4 Å². The van der Waals surface area contributed by atoms with Crippen LogP contribution in [0.5, 0.6) is 0 Å². The van der Waals surface area contributed by atoms with E-state index >= 15 is 0 Å². The van der Waals surface area contributed by atoms with E-state index in [4.69, 9.17) is 9.26 Å². The van der Waals surface area contributed by atoms with Crippen LogP contribution >= 0.6 is 0 Å². The first-order chi connectivity index (χ1) is 8.33. The Balaban J connectivity index is 1.67. The highest BCUT2D eigenvalue weighted by Gasteiger charge is 2.28. The zero-order valence-electron chi connectivity index (χ0n) is 9.84. The molecule has 2 aliphatic rings. The van der Waals surface area contributed by atoms with E-state index in [0.717, 1.165) is 51.0 Å². The number of hydrogen-bond acceptors (Lipinski definition) is 5. The third kappa shape index (κ3) is 2.35. The lowest BCUT2D eigenvalue weighted by Gasteiger charge is -2.22. The summed E-state index contributed by atoms with van der Waals surface area (Å²) in [5, 5.41) is 13.5. The van der Waals surface area contributed by atoms with E-state index < -0.39 is 0 Å². The van der Waals surface area contributed by atoms with E-state index in [2.05, 4.69) is 10.1 Å². The van der Waals surface area contributed by atoms with E-state index in [1.165, 1.54) is 0 Å². The molecule has 1 unspecified atom stereocenters. The maximum Gasteiger partial charge on any atom is 0.229 e. The summed E-state index contributed by atoms with van der Waals surface area (Å²) in [6, 6.07) is 0. The van der Waals surface area contributed by atoms with Crippen LogP contribution in [0, 0.1) is 0 Å². The van der Waals surface area contributed by atoms with E-state index in [9.17, 15) is 5.11 Å². The Morgan fingerprint density at radius 1 is 1.12 bits per heavy atom. The standard InChI is InChI=1S/C12H18N2O3/c15-9-5-3-8(4-6-9)12-13-11(14-17-12)10-2-1-7-16-10/h8-10,15H,1-7H2. The van der Waals surface area contributed by atoms with Gasteiger partial charge in [0.15, 0.2) is 0 Å². The summed E-state index contributed by atoms with van der Waals surface area (Å²) in [6.45, 7) is 0.796. The summed E-state index contributed by atoms with van der Waals surface area (Å²) >= 11 is 0. The first-order valence-corrected chi connectivity index (χ1v) is 6.46. The average Bonchev–Trinajstić information content (AvgIpc) is 3.00. The van der Waals surface area contributed by atoms with Crippen molar-refractivity contribution in [2.75, 3.05) is 6.61 Å². The average molecular weight is 238 g/mol. The molecule has 0 amide bonds. The number of aromatic nitrogens is 2. The van der Waals surface area contributed by atoms with Crippen molar-refractivity contribution in [3.05, 3.63) is 11.7 Å². The van der Waals surface area contributed by atoms with E-state index in [1.54, 1.807) is 0 Å². The lowest BCUT2D eigenvalue weighted by molar-refractivity contribution is 0.103. The molecule has 1 atom stereocenters. The van der Waals surface area contributed by atoms with Gasteiger partial charge in [0, 0.05) is 12.5 Å². The smallest absolute Gasteiger partial charge is 0.229 e. The van der Waals surface area contributed by atoms with Gasteiger partial charge in [-0.05, 0) is 38.5 Å². The molecule has 1 aromatic heterocycles. The molecule has 1 aliphatic heterocycles. The SMILES string of the molecule is OC1CCC(c2nc(C3CCCO3)no2)CC1. The maximum atomic E-state index is 9.47. The molecule has 3 rings (SSSR count). The van der Waals surface area contributed by atoms with Gasteiger partial charge >= 0.3 is 0 Å². The summed E-state index contributed by atoms with van der Waals surface area (Å²) in [6.07, 6.45) is 5.49. The second kappa shape index (κ2) is 4.74. The monoisotopic (exact) mass is 238 g/mol. The minimum atomic E-state index is -0.146. The molecule has 1 aromatic rings. The Labute approximate surface area is 100 Å². The maximum absolute atomic E-state index is 9.47. The summed E-state index contributed by atoms with van der Waals surface area (Å²) < 4.78 is 10.9. The van der Waals surface area contributed by atoms with E-state index in [-0.39, 0.29) is 12.2 Å². The van der Waals surface area contributed by atoms with Gasteiger partial charge in [-0.3, -0.25) is 0 Å². The lowest BCUT2D eigenvalue weighted by Crippen LogP contribution is -2.17. The Hall–Kier alpha value is -0.940. The Morgan fingerprint density at radius 3 is 2.65 bits per heavy atom. The first-order valence-electron chi connectivity index (χ1n) is 6.46. The molecule has 1 saturated heterocycles. The highest BCUT2D eigenvalue weighted by molar-refractivity contribution is 4.99. The molecule has 2 fully saturated rings. The van der Waals surface area contributed by atoms with Crippen LogP contribution in [-0.4, -0.2) is 28.0 Å². The van der Waals surface area contributed by atoms with Crippen molar-refractivity contribution in [2.24, 2.45) is 0 Å². The van der Waals surface area contributed by atoms with Crippen molar-refractivity contribution in [3.63, 3.8) is 0 Å². The van der Waals surface area contributed by atoms with Gasteiger partial charge in [-0.15, -0.1) is 0 Å². The van der Waals surface area contributed by atoms with Crippen molar-refractivity contribution in [2.45, 2.75) is 56.7 Å². The molecule has 1 N–H and O–H groups in total. The van der Waals surface area contributed by atoms with Gasteiger partial charge in [-0.2, -0.15) is 4.98 Å². The van der Waals surface area contributed by atoms with Crippen LogP contribution in [0.25, 0.3) is 0 Å². The normalized spacial score (nSPS) is 34.1. The van der Waals surface area contributed by atoms with Crippen molar-refractivity contribution < 1.29 is 14.4 Å². The number of aliphatic hydroxyl groups is 1. The minimum Gasteiger partial charge on any atom is -0.393 e. The summed E-state index contributed by atoms with van der Waals surface area (Å²) in [4.78, 5) is 4.46. The van der Waals surface area contributed by atoms with Gasteiger partial charge in [-0.1, -0.05) is 5.16 Å². The van der Waals surface area contributed by atoms with Crippen molar-refractivity contribution in [1.29, 1.82) is 0 Å². The molecule has 94 valence electrons. The topological polar surface area (TPSA) is 68.4 Å². The van der Waals surface area contributed by atoms with Gasteiger partial charge in [0.05, 0.1) is 6.10 Å². The Morgan fingerprint density at radius 2 is 1.94 bits per heavy atom. The quantitative estimate of drug-likeness (QED) is 0.852. The van der Waals surface area contributed by atoms with Crippen LogP contribution in [-0.2, 0) is 4.74 Å². The first kappa shape index (κ1) is 11.2. The molecular formula is C12H18N2O3. The fraction of sp³-hybridized carbons (Fsp3) is 0.833. The third-order valence-electron chi connectivity index (χ3n) is 3.72. The zero-order valence-corrected chi connectivity index (χ0v) is 9.84. The van der Waals surface area contributed by atoms with Crippen molar-refractivity contribution >= 4 is 0 Å². The number of nitrogens with zero attached hydrogens (tertiary/aromatic N) is 2.